The monoisotopic (exact) mass is 235 g/mol. The second-order valence-corrected chi connectivity index (χ2v) is 3.65. The minimum atomic E-state index is -0.241. The van der Waals surface area contributed by atoms with E-state index in [0.717, 1.165) is 5.56 Å². The van der Waals surface area contributed by atoms with Crippen LogP contribution in [0.3, 0.4) is 0 Å². The normalized spacial score (nSPS) is 10.1. The summed E-state index contributed by atoms with van der Waals surface area (Å²) >= 11 is 5.96. The lowest BCUT2D eigenvalue weighted by Crippen LogP contribution is -2.09. The maximum atomic E-state index is 11.3. The minimum absolute atomic E-state index is 0.241. The summed E-state index contributed by atoms with van der Waals surface area (Å²) in [7, 11) is 0. The molecule has 1 N–H and O–H groups in total. The summed E-state index contributed by atoms with van der Waals surface area (Å²) < 4.78 is 5.38. The van der Waals surface area contributed by atoms with Gasteiger partial charge in [-0.3, -0.25) is 4.79 Å². The van der Waals surface area contributed by atoms with E-state index in [-0.39, 0.29) is 12.2 Å². The molecule has 2 aromatic rings. The molecule has 0 amide bonds. The Morgan fingerprint density at radius 1 is 1.19 bits per heavy atom. The first kappa shape index (κ1) is 10.8. The van der Waals surface area contributed by atoms with Gasteiger partial charge in [0.25, 0.3) is 5.56 Å². The first-order valence-corrected chi connectivity index (χ1v) is 5.19. The molecule has 3 nitrogen and oxygen atoms in total. The van der Waals surface area contributed by atoms with Gasteiger partial charge in [0.1, 0.15) is 6.61 Å². The summed E-state index contributed by atoms with van der Waals surface area (Å²) in [5.74, 6) is 0.294. The number of benzene rings is 1. The molecule has 1 aromatic heterocycles. The molecule has 0 aliphatic carbocycles. The Kier molecular flexibility index (Phi) is 3.27. The second kappa shape index (κ2) is 4.86. The van der Waals surface area contributed by atoms with Gasteiger partial charge in [-0.25, -0.2) is 0 Å². The number of ether oxygens (including phenoxy) is 1. The van der Waals surface area contributed by atoms with Crippen molar-refractivity contribution in [3.63, 3.8) is 0 Å². The fraction of sp³-hybridized carbons (Fsp3) is 0.0833. The molecule has 4 heteroatoms. The number of pyridine rings is 1. The third-order valence-electron chi connectivity index (χ3n) is 2.12. The summed E-state index contributed by atoms with van der Waals surface area (Å²) in [6, 6.07) is 10.7. The highest BCUT2D eigenvalue weighted by Gasteiger charge is 2.02. The van der Waals surface area contributed by atoms with Crippen LogP contribution >= 0.6 is 11.6 Å². The lowest BCUT2D eigenvalue weighted by Gasteiger charge is -2.06. The highest BCUT2D eigenvalue weighted by Crippen LogP contribution is 2.16. The Morgan fingerprint density at radius 2 is 2.00 bits per heavy atom. The number of hydrogen-bond donors (Lipinski definition) is 1. The van der Waals surface area contributed by atoms with E-state index in [9.17, 15) is 4.79 Å². The van der Waals surface area contributed by atoms with Gasteiger partial charge in [0.05, 0.1) is 0 Å². The van der Waals surface area contributed by atoms with E-state index >= 15 is 0 Å². The number of H-pyrrole nitrogens is 1. The molecule has 0 bridgehead atoms. The Balaban J connectivity index is 2.12. The van der Waals surface area contributed by atoms with Crippen molar-refractivity contribution in [1.82, 2.24) is 4.98 Å². The maximum Gasteiger partial charge on any atom is 0.290 e. The summed E-state index contributed by atoms with van der Waals surface area (Å²) in [5.41, 5.74) is 0.613. The number of rotatable bonds is 3. The van der Waals surface area contributed by atoms with E-state index in [1.807, 2.05) is 18.2 Å². The van der Waals surface area contributed by atoms with Crippen molar-refractivity contribution in [3.8, 4) is 5.75 Å². The van der Waals surface area contributed by atoms with Crippen LogP contribution in [0.5, 0.6) is 5.75 Å². The Labute approximate surface area is 97.7 Å². The van der Waals surface area contributed by atoms with E-state index < -0.39 is 0 Å². The lowest BCUT2D eigenvalue weighted by atomic mass is 10.2. The molecule has 0 saturated heterocycles. The Hall–Kier alpha value is -1.74. The first-order valence-electron chi connectivity index (χ1n) is 4.81. The molecule has 1 heterocycles. The highest BCUT2D eigenvalue weighted by atomic mass is 35.5. The minimum Gasteiger partial charge on any atom is -0.483 e. The topological polar surface area (TPSA) is 42.1 Å². The Bertz CT molecular complexity index is 536. The largest absolute Gasteiger partial charge is 0.483 e. The standard InChI is InChI=1S/C12H10ClNO2/c13-10-5-2-1-4-9(10)8-16-11-6-3-7-14-12(11)15/h1-7H,8H2,(H,14,15). The van der Waals surface area contributed by atoms with Gasteiger partial charge in [0.2, 0.25) is 0 Å². The van der Waals surface area contributed by atoms with Gasteiger partial charge in [-0.2, -0.15) is 0 Å². The molecule has 2 rings (SSSR count). The molecule has 0 fully saturated rings. The second-order valence-electron chi connectivity index (χ2n) is 3.24. The average molecular weight is 236 g/mol. The first-order chi connectivity index (χ1) is 7.77. The molecule has 0 aliphatic heterocycles. The number of halogens is 1. The summed E-state index contributed by atoms with van der Waals surface area (Å²) in [4.78, 5) is 13.8. The van der Waals surface area contributed by atoms with Crippen LogP contribution in [0.1, 0.15) is 5.56 Å². The van der Waals surface area contributed by atoms with Crippen LogP contribution in [0, 0.1) is 0 Å². The third kappa shape index (κ3) is 2.44. The number of hydrogen-bond acceptors (Lipinski definition) is 2. The zero-order valence-corrected chi connectivity index (χ0v) is 9.20. The van der Waals surface area contributed by atoms with Crippen LogP contribution in [0.2, 0.25) is 5.02 Å². The van der Waals surface area contributed by atoms with Crippen LogP contribution in [0.25, 0.3) is 0 Å². The van der Waals surface area contributed by atoms with Gasteiger partial charge >= 0.3 is 0 Å². The predicted molar refractivity (Wildman–Crippen MR) is 62.8 cm³/mol. The molecule has 1 aromatic carbocycles. The molecule has 0 saturated carbocycles. The quantitative estimate of drug-likeness (QED) is 0.889. The van der Waals surface area contributed by atoms with Crippen molar-refractivity contribution in [2.45, 2.75) is 6.61 Å². The number of nitrogens with one attached hydrogen (secondary N) is 1. The summed E-state index contributed by atoms with van der Waals surface area (Å²) in [6.07, 6.45) is 1.56. The molecule has 16 heavy (non-hydrogen) atoms. The smallest absolute Gasteiger partial charge is 0.290 e. The van der Waals surface area contributed by atoms with Gasteiger partial charge in [-0.05, 0) is 18.2 Å². The van der Waals surface area contributed by atoms with Gasteiger partial charge in [-0.15, -0.1) is 0 Å². The third-order valence-corrected chi connectivity index (χ3v) is 2.49. The van der Waals surface area contributed by atoms with Crippen molar-refractivity contribution in [3.05, 3.63) is 63.5 Å². The van der Waals surface area contributed by atoms with Crippen molar-refractivity contribution < 1.29 is 4.74 Å². The van der Waals surface area contributed by atoms with E-state index in [0.29, 0.717) is 10.8 Å². The van der Waals surface area contributed by atoms with Crippen LogP contribution in [-0.2, 0) is 6.61 Å². The predicted octanol–water partition coefficient (Wildman–Crippen LogP) is 2.61. The summed E-state index contributed by atoms with van der Waals surface area (Å²) in [6.45, 7) is 0.284. The molecule has 0 atom stereocenters. The van der Waals surface area contributed by atoms with Gasteiger partial charge in [-0.1, -0.05) is 29.8 Å². The molecule has 82 valence electrons. The number of aromatic nitrogens is 1. The van der Waals surface area contributed by atoms with Crippen LogP contribution in [-0.4, -0.2) is 4.98 Å². The average Bonchev–Trinajstić information content (AvgIpc) is 2.30. The van der Waals surface area contributed by atoms with Crippen molar-refractivity contribution in [2.24, 2.45) is 0 Å². The maximum absolute atomic E-state index is 11.3. The molecule has 0 unspecified atom stereocenters. The van der Waals surface area contributed by atoms with Crippen LogP contribution in [0.4, 0.5) is 0 Å². The van der Waals surface area contributed by atoms with Crippen molar-refractivity contribution >= 4 is 11.6 Å². The number of aromatic amines is 1. The fourth-order valence-electron chi connectivity index (χ4n) is 1.29. The van der Waals surface area contributed by atoms with Gasteiger partial charge < -0.3 is 9.72 Å². The van der Waals surface area contributed by atoms with E-state index in [1.165, 1.54) is 0 Å². The van der Waals surface area contributed by atoms with E-state index in [1.54, 1.807) is 24.4 Å². The Morgan fingerprint density at radius 3 is 2.75 bits per heavy atom. The zero-order valence-electron chi connectivity index (χ0n) is 8.44. The highest BCUT2D eigenvalue weighted by molar-refractivity contribution is 6.31. The van der Waals surface area contributed by atoms with E-state index in [2.05, 4.69) is 4.98 Å². The molecular formula is C12H10ClNO2. The molecule has 0 spiro atoms. The van der Waals surface area contributed by atoms with E-state index in [4.69, 9.17) is 16.3 Å². The zero-order chi connectivity index (χ0) is 11.4. The van der Waals surface area contributed by atoms with Gasteiger partial charge in [0, 0.05) is 16.8 Å². The van der Waals surface area contributed by atoms with Crippen molar-refractivity contribution in [2.75, 3.05) is 0 Å². The molecule has 0 radical (unpaired) electrons. The SMILES string of the molecule is O=c1[nH]cccc1OCc1ccccc1Cl. The lowest BCUT2D eigenvalue weighted by molar-refractivity contribution is 0.302. The molecule has 0 aliphatic rings. The fourth-order valence-corrected chi connectivity index (χ4v) is 1.48. The summed E-state index contributed by atoms with van der Waals surface area (Å²) in [5, 5.41) is 0.634. The van der Waals surface area contributed by atoms with Crippen LogP contribution < -0.4 is 10.3 Å². The molecular weight excluding hydrogens is 226 g/mol. The van der Waals surface area contributed by atoms with Crippen LogP contribution in [0.15, 0.2) is 47.4 Å². The van der Waals surface area contributed by atoms with Gasteiger partial charge in [0.15, 0.2) is 5.75 Å². The van der Waals surface area contributed by atoms with Crippen molar-refractivity contribution in [1.29, 1.82) is 0 Å².